The van der Waals surface area contributed by atoms with Crippen LogP contribution in [0.3, 0.4) is 0 Å². The van der Waals surface area contributed by atoms with Crippen LogP contribution in [0.25, 0.3) is 11.1 Å². The topological polar surface area (TPSA) is 64.7 Å². The van der Waals surface area contributed by atoms with Crippen molar-refractivity contribution in [2.45, 2.75) is 19.8 Å². The van der Waals surface area contributed by atoms with Crippen LogP contribution in [0.2, 0.25) is 0 Å². The molecule has 0 aliphatic carbocycles. The summed E-state index contributed by atoms with van der Waals surface area (Å²) in [5.41, 5.74) is 11.5. The van der Waals surface area contributed by atoms with Gasteiger partial charge in [-0.1, -0.05) is 49.4 Å². The molecule has 1 amide bonds. The van der Waals surface area contributed by atoms with Gasteiger partial charge >= 0.3 is 0 Å². The summed E-state index contributed by atoms with van der Waals surface area (Å²) >= 11 is 0. The van der Waals surface area contributed by atoms with Gasteiger partial charge in [-0.2, -0.15) is 0 Å². The van der Waals surface area contributed by atoms with Gasteiger partial charge in [-0.15, -0.1) is 0 Å². The summed E-state index contributed by atoms with van der Waals surface area (Å²) in [6.07, 6.45) is 3.79. The Morgan fingerprint density at radius 3 is 2.36 bits per heavy atom. The molecule has 0 saturated heterocycles. The zero-order valence-corrected chi connectivity index (χ0v) is 16.2. The van der Waals surface area contributed by atoms with E-state index in [0.29, 0.717) is 5.56 Å². The van der Waals surface area contributed by atoms with Gasteiger partial charge in [0, 0.05) is 29.3 Å². The number of methoxy groups -OCH3 is 1. The fraction of sp³-hybridized carbons (Fsp3) is 0.167. The molecule has 1 heterocycles. The van der Waals surface area contributed by atoms with Crippen LogP contribution in [0.4, 0.5) is 5.69 Å². The van der Waals surface area contributed by atoms with Gasteiger partial charge in [-0.25, -0.2) is 0 Å². The second-order valence-electron chi connectivity index (χ2n) is 6.44. The molecule has 0 unspecified atom stereocenters. The SMILES string of the molecule is CCc1ccc(C(N)=O)cc1.COc1ccc(-c2ccccc2)c2c1CC=N2. The van der Waals surface area contributed by atoms with E-state index in [-0.39, 0.29) is 5.91 Å². The second kappa shape index (κ2) is 9.00. The first-order chi connectivity index (χ1) is 13.6. The van der Waals surface area contributed by atoms with Crippen LogP contribution in [0.15, 0.2) is 71.7 Å². The Hall–Kier alpha value is -3.40. The number of primary amides is 1. The number of benzene rings is 3. The average molecular weight is 372 g/mol. The molecule has 0 fully saturated rings. The summed E-state index contributed by atoms with van der Waals surface area (Å²) in [6, 6.07) is 21.8. The summed E-state index contributed by atoms with van der Waals surface area (Å²) in [7, 11) is 1.70. The summed E-state index contributed by atoms with van der Waals surface area (Å²) in [5, 5.41) is 0. The predicted molar refractivity (Wildman–Crippen MR) is 115 cm³/mol. The Kier molecular flexibility index (Phi) is 6.22. The van der Waals surface area contributed by atoms with E-state index in [1.165, 1.54) is 22.3 Å². The largest absolute Gasteiger partial charge is 0.496 e. The van der Waals surface area contributed by atoms with E-state index in [4.69, 9.17) is 10.5 Å². The van der Waals surface area contributed by atoms with Crippen LogP contribution in [-0.4, -0.2) is 19.2 Å². The van der Waals surface area contributed by atoms with E-state index in [0.717, 1.165) is 24.3 Å². The van der Waals surface area contributed by atoms with Crippen molar-refractivity contribution in [3.05, 3.63) is 83.4 Å². The first-order valence-electron chi connectivity index (χ1n) is 9.30. The third-order valence-electron chi connectivity index (χ3n) is 4.71. The number of carbonyl (C=O) groups excluding carboxylic acids is 1. The van der Waals surface area contributed by atoms with Gasteiger partial charge in [0.25, 0.3) is 0 Å². The van der Waals surface area contributed by atoms with Crippen molar-refractivity contribution in [1.82, 2.24) is 0 Å². The number of ether oxygens (including phenoxy) is 1. The van der Waals surface area contributed by atoms with Crippen LogP contribution in [0.5, 0.6) is 5.75 Å². The molecule has 0 aromatic heterocycles. The highest BCUT2D eigenvalue weighted by molar-refractivity contribution is 5.92. The Morgan fingerprint density at radius 2 is 1.75 bits per heavy atom. The normalized spacial score (nSPS) is 11.4. The minimum absolute atomic E-state index is 0.368. The lowest BCUT2D eigenvalue weighted by atomic mass is 9.99. The monoisotopic (exact) mass is 372 g/mol. The zero-order chi connectivity index (χ0) is 19.9. The number of fused-ring (bicyclic) bond motifs is 1. The third kappa shape index (κ3) is 4.29. The molecule has 1 aliphatic heterocycles. The number of rotatable bonds is 4. The first-order valence-corrected chi connectivity index (χ1v) is 9.30. The number of nitrogens with two attached hydrogens (primary N) is 1. The molecule has 3 aromatic rings. The van der Waals surface area contributed by atoms with Gasteiger partial charge < -0.3 is 10.5 Å². The molecule has 3 aromatic carbocycles. The van der Waals surface area contributed by atoms with Crippen molar-refractivity contribution in [2.24, 2.45) is 10.7 Å². The van der Waals surface area contributed by atoms with Crippen molar-refractivity contribution in [3.63, 3.8) is 0 Å². The maximum atomic E-state index is 10.6. The molecule has 4 rings (SSSR count). The maximum absolute atomic E-state index is 10.6. The third-order valence-corrected chi connectivity index (χ3v) is 4.71. The highest BCUT2D eigenvalue weighted by atomic mass is 16.5. The molecule has 1 aliphatic rings. The van der Waals surface area contributed by atoms with Gasteiger partial charge in [0.1, 0.15) is 5.75 Å². The minimum atomic E-state index is -0.368. The Balaban J connectivity index is 0.000000178. The lowest BCUT2D eigenvalue weighted by Crippen LogP contribution is -2.10. The Morgan fingerprint density at radius 1 is 1.04 bits per heavy atom. The molecule has 0 radical (unpaired) electrons. The molecule has 28 heavy (non-hydrogen) atoms. The maximum Gasteiger partial charge on any atom is 0.248 e. The number of amides is 1. The molecule has 0 saturated carbocycles. The fourth-order valence-electron chi connectivity index (χ4n) is 3.14. The first kappa shape index (κ1) is 19.4. The van der Waals surface area contributed by atoms with Gasteiger partial charge in [-0.05, 0) is 41.8 Å². The second-order valence-corrected chi connectivity index (χ2v) is 6.44. The van der Waals surface area contributed by atoms with E-state index in [1.54, 1.807) is 19.2 Å². The molecular formula is C24H24N2O2. The van der Waals surface area contributed by atoms with Gasteiger partial charge in [0.2, 0.25) is 5.91 Å². The predicted octanol–water partition coefficient (Wildman–Crippen LogP) is 4.97. The van der Waals surface area contributed by atoms with Crippen molar-refractivity contribution in [3.8, 4) is 16.9 Å². The quantitative estimate of drug-likeness (QED) is 0.703. The highest BCUT2D eigenvalue weighted by Crippen LogP contribution is 2.40. The van der Waals surface area contributed by atoms with Crippen LogP contribution in [0.1, 0.15) is 28.4 Å². The van der Waals surface area contributed by atoms with Crippen LogP contribution < -0.4 is 10.5 Å². The lowest BCUT2D eigenvalue weighted by Gasteiger charge is -2.10. The highest BCUT2D eigenvalue weighted by Gasteiger charge is 2.17. The van der Waals surface area contributed by atoms with Crippen molar-refractivity contribution < 1.29 is 9.53 Å². The average Bonchev–Trinajstić information content (AvgIpc) is 3.24. The zero-order valence-electron chi connectivity index (χ0n) is 16.2. The summed E-state index contributed by atoms with van der Waals surface area (Å²) < 4.78 is 5.37. The number of nitrogens with zero attached hydrogens (tertiary/aromatic N) is 1. The lowest BCUT2D eigenvalue weighted by molar-refractivity contribution is 0.100. The number of carbonyl (C=O) groups is 1. The van der Waals surface area contributed by atoms with Crippen LogP contribution >= 0.6 is 0 Å². The van der Waals surface area contributed by atoms with E-state index in [9.17, 15) is 4.79 Å². The number of aryl methyl sites for hydroxylation is 1. The molecule has 2 N–H and O–H groups in total. The van der Waals surface area contributed by atoms with E-state index < -0.39 is 0 Å². The molecule has 0 bridgehead atoms. The fourth-order valence-corrected chi connectivity index (χ4v) is 3.14. The molecule has 4 nitrogen and oxygen atoms in total. The van der Waals surface area contributed by atoms with Gasteiger partial charge in [0.15, 0.2) is 0 Å². The summed E-state index contributed by atoms with van der Waals surface area (Å²) in [4.78, 5) is 15.1. The van der Waals surface area contributed by atoms with E-state index in [1.807, 2.05) is 42.6 Å². The van der Waals surface area contributed by atoms with E-state index in [2.05, 4.69) is 30.1 Å². The van der Waals surface area contributed by atoms with E-state index >= 15 is 0 Å². The standard InChI is InChI=1S/C15H13NO.C9H11NO/c1-17-14-8-7-12(11-5-3-2-4-6-11)15-13(14)9-10-16-15;1-2-7-3-5-8(6-4-7)9(10)11/h2-8,10H,9H2,1H3;3-6H,2H2,1H3,(H2,10,11). The summed E-state index contributed by atoms with van der Waals surface area (Å²) in [6.45, 7) is 2.07. The summed E-state index contributed by atoms with van der Waals surface area (Å²) in [5.74, 6) is 0.560. The van der Waals surface area contributed by atoms with Crippen LogP contribution in [-0.2, 0) is 12.8 Å². The van der Waals surface area contributed by atoms with Crippen molar-refractivity contribution in [2.75, 3.05) is 7.11 Å². The smallest absolute Gasteiger partial charge is 0.248 e. The molecule has 0 atom stereocenters. The molecule has 0 spiro atoms. The van der Waals surface area contributed by atoms with Gasteiger partial charge in [0.05, 0.1) is 12.8 Å². The van der Waals surface area contributed by atoms with Crippen molar-refractivity contribution >= 4 is 17.8 Å². The Labute approximate surface area is 165 Å². The molecular weight excluding hydrogens is 348 g/mol. The van der Waals surface area contributed by atoms with Crippen LogP contribution in [0, 0.1) is 0 Å². The Bertz CT molecular complexity index is 977. The molecule has 142 valence electrons. The number of hydrogen-bond donors (Lipinski definition) is 1. The molecule has 4 heteroatoms. The van der Waals surface area contributed by atoms with Gasteiger partial charge in [-0.3, -0.25) is 9.79 Å². The number of aliphatic imine (C=N–C) groups is 1. The number of hydrogen-bond acceptors (Lipinski definition) is 3. The van der Waals surface area contributed by atoms with Crippen molar-refractivity contribution in [1.29, 1.82) is 0 Å². The minimum Gasteiger partial charge on any atom is -0.496 e.